The summed E-state index contributed by atoms with van der Waals surface area (Å²) in [6, 6.07) is 18.0. The van der Waals surface area contributed by atoms with Crippen LogP contribution in [0.3, 0.4) is 0 Å². The van der Waals surface area contributed by atoms with E-state index in [2.05, 4.69) is 10.1 Å². The fourth-order valence-electron chi connectivity index (χ4n) is 3.11. The maximum absolute atomic E-state index is 12.6. The number of nitrogens with zero attached hydrogens (tertiary/aromatic N) is 3. The van der Waals surface area contributed by atoms with E-state index in [1.54, 1.807) is 24.3 Å². The molecule has 0 atom stereocenters. The summed E-state index contributed by atoms with van der Waals surface area (Å²) in [6.07, 6.45) is 1.49. The first kappa shape index (κ1) is 19.8. The van der Waals surface area contributed by atoms with Crippen LogP contribution in [-0.4, -0.2) is 27.0 Å². The number of hydrogen-bond donors (Lipinski definition) is 1. The van der Waals surface area contributed by atoms with Gasteiger partial charge in [0.15, 0.2) is 5.84 Å². The Labute approximate surface area is 191 Å². The number of nitrogens with one attached hydrogen (secondary N) is 1. The molecule has 0 saturated heterocycles. The van der Waals surface area contributed by atoms with Crippen LogP contribution in [0.4, 0.5) is 0 Å². The average Bonchev–Trinajstić information content (AvgIpc) is 3.39. The van der Waals surface area contributed by atoms with Crippen LogP contribution in [0.1, 0.15) is 11.3 Å². The Kier molecular flexibility index (Phi) is 5.02. The number of hydrazone groups is 1. The number of amides is 1. The molecule has 6 nitrogen and oxygen atoms in total. The molecule has 31 heavy (non-hydrogen) atoms. The van der Waals surface area contributed by atoms with Crippen LogP contribution < -0.4 is 0 Å². The SMILES string of the molecule is N=C1/C(=C\c2ccc(-c3ccccc3Cl)o2)C(=O)N=C2SC(c3ccccc3Cl)=NN12. The molecule has 0 saturated carbocycles. The predicted molar refractivity (Wildman–Crippen MR) is 125 cm³/mol. The van der Waals surface area contributed by atoms with Gasteiger partial charge in [-0.25, -0.2) is 0 Å². The molecular formula is C22H12Cl2N4O2S. The minimum atomic E-state index is -0.532. The van der Waals surface area contributed by atoms with Crippen LogP contribution in [0.15, 0.2) is 80.7 Å². The van der Waals surface area contributed by atoms with Crippen molar-refractivity contribution in [3.8, 4) is 11.3 Å². The topological polar surface area (TPSA) is 82.0 Å². The van der Waals surface area contributed by atoms with Gasteiger partial charge in [0.1, 0.15) is 16.6 Å². The molecule has 2 aliphatic heterocycles. The summed E-state index contributed by atoms with van der Waals surface area (Å²) in [7, 11) is 0. The van der Waals surface area contributed by atoms with Gasteiger partial charge < -0.3 is 4.42 Å². The highest BCUT2D eigenvalue weighted by Gasteiger charge is 2.36. The van der Waals surface area contributed by atoms with Gasteiger partial charge in [0.05, 0.1) is 15.6 Å². The molecule has 0 fully saturated rings. The van der Waals surface area contributed by atoms with Gasteiger partial charge in [-0.05, 0) is 48.2 Å². The number of furan rings is 1. The lowest BCUT2D eigenvalue weighted by molar-refractivity contribution is -0.114. The van der Waals surface area contributed by atoms with Crippen molar-refractivity contribution in [1.29, 1.82) is 5.41 Å². The number of fused-ring (bicyclic) bond motifs is 1. The number of aliphatic imine (C=N–C) groups is 1. The van der Waals surface area contributed by atoms with Crippen LogP contribution >= 0.6 is 35.0 Å². The molecule has 9 heteroatoms. The molecule has 3 aromatic rings. The minimum Gasteiger partial charge on any atom is -0.457 e. The molecule has 152 valence electrons. The molecule has 0 bridgehead atoms. The van der Waals surface area contributed by atoms with Gasteiger partial charge in [0, 0.05) is 11.1 Å². The molecule has 5 rings (SSSR count). The second kappa shape index (κ2) is 7.85. The van der Waals surface area contributed by atoms with Crippen molar-refractivity contribution in [1.82, 2.24) is 5.01 Å². The van der Waals surface area contributed by atoms with Gasteiger partial charge >= 0.3 is 0 Å². The zero-order chi connectivity index (χ0) is 21.5. The first-order valence-electron chi connectivity index (χ1n) is 9.11. The summed E-state index contributed by atoms with van der Waals surface area (Å²) >= 11 is 13.7. The summed E-state index contributed by atoms with van der Waals surface area (Å²) in [4.78, 5) is 16.7. The van der Waals surface area contributed by atoms with E-state index >= 15 is 0 Å². The van der Waals surface area contributed by atoms with Crippen LogP contribution in [0.2, 0.25) is 10.0 Å². The summed E-state index contributed by atoms with van der Waals surface area (Å²) in [5, 5.41) is 16.3. The van der Waals surface area contributed by atoms with E-state index in [4.69, 9.17) is 33.0 Å². The van der Waals surface area contributed by atoms with E-state index in [1.165, 1.54) is 22.8 Å². The summed E-state index contributed by atoms with van der Waals surface area (Å²) in [5.41, 5.74) is 1.53. The molecule has 0 aliphatic carbocycles. The second-order valence-corrected chi connectivity index (χ2v) is 8.36. The van der Waals surface area contributed by atoms with Crippen molar-refractivity contribution in [2.75, 3.05) is 0 Å². The first-order chi connectivity index (χ1) is 15.0. The lowest BCUT2D eigenvalue weighted by Crippen LogP contribution is -2.35. The normalized spacial score (nSPS) is 17.1. The molecule has 0 unspecified atom stereocenters. The van der Waals surface area contributed by atoms with E-state index in [1.807, 2.05) is 36.4 Å². The van der Waals surface area contributed by atoms with Gasteiger partial charge in [-0.15, -0.1) is 0 Å². The molecule has 3 heterocycles. The third-order valence-electron chi connectivity index (χ3n) is 4.61. The summed E-state index contributed by atoms with van der Waals surface area (Å²) in [6.45, 7) is 0. The number of carbonyl (C=O) groups is 1. The van der Waals surface area contributed by atoms with Crippen LogP contribution in [0.25, 0.3) is 17.4 Å². The predicted octanol–water partition coefficient (Wildman–Crippen LogP) is 5.92. The highest BCUT2D eigenvalue weighted by molar-refractivity contribution is 8.27. The highest BCUT2D eigenvalue weighted by Crippen LogP contribution is 2.34. The van der Waals surface area contributed by atoms with Crippen LogP contribution in [0.5, 0.6) is 0 Å². The number of benzene rings is 2. The fourth-order valence-corrected chi connectivity index (χ4v) is 4.55. The van der Waals surface area contributed by atoms with Crippen molar-refractivity contribution >= 4 is 63.0 Å². The maximum Gasteiger partial charge on any atom is 0.283 e. The van der Waals surface area contributed by atoms with E-state index in [-0.39, 0.29) is 11.4 Å². The zero-order valence-corrected chi connectivity index (χ0v) is 18.0. The number of rotatable bonds is 3. The van der Waals surface area contributed by atoms with E-state index in [9.17, 15) is 4.79 Å². The van der Waals surface area contributed by atoms with E-state index < -0.39 is 5.91 Å². The van der Waals surface area contributed by atoms with Crippen molar-refractivity contribution in [2.45, 2.75) is 0 Å². The summed E-state index contributed by atoms with van der Waals surface area (Å²) < 4.78 is 5.83. The van der Waals surface area contributed by atoms with Crippen molar-refractivity contribution in [2.24, 2.45) is 10.1 Å². The third-order valence-corrected chi connectivity index (χ3v) is 6.21. The first-order valence-corrected chi connectivity index (χ1v) is 10.7. The third kappa shape index (κ3) is 3.61. The van der Waals surface area contributed by atoms with E-state index in [0.717, 1.165) is 5.56 Å². The number of carbonyl (C=O) groups excluding carboxylic acids is 1. The van der Waals surface area contributed by atoms with Gasteiger partial charge in [-0.2, -0.15) is 15.1 Å². The van der Waals surface area contributed by atoms with Crippen molar-refractivity contribution in [3.05, 3.63) is 87.6 Å². The fraction of sp³-hybridized carbons (Fsp3) is 0. The van der Waals surface area contributed by atoms with Gasteiger partial charge in [0.2, 0.25) is 5.17 Å². The van der Waals surface area contributed by atoms with Gasteiger partial charge in [-0.3, -0.25) is 10.2 Å². The smallest absolute Gasteiger partial charge is 0.283 e. The minimum absolute atomic E-state index is 0.0774. The molecule has 0 radical (unpaired) electrons. The number of hydrogen-bond acceptors (Lipinski definition) is 5. The molecule has 1 amide bonds. The Balaban J connectivity index is 1.47. The average molecular weight is 467 g/mol. The van der Waals surface area contributed by atoms with E-state index in [0.29, 0.717) is 37.3 Å². The highest BCUT2D eigenvalue weighted by atomic mass is 35.5. The Hall–Kier alpha value is -3.13. The molecule has 0 spiro atoms. The number of thioether (sulfide) groups is 1. The molecule has 1 N–H and O–H groups in total. The monoisotopic (exact) mass is 466 g/mol. The lowest BCUT2D eigenvalue weighted by Gasteiger charge is -2.19. The van der Waals surface area contributed by atoms with Crippen LogP contribution in [0, 0.1) is 5.41 Å². The number of halogens is 2. The van der Waals surface area contributed by atoms with Crippen LogP contribution in [-0.2, 0) is 4.79 Å². The largest absolute Gasteiger partial charge is 0.457 e. The number of amidine groups is 2. The molecule has 2 aliphatic rings. The van der Waals surface area contributed by atoms with Gasteiger partial charge in [0.25, 0.3) is 5.91 Å². The Morgan fingerprint density at radius 2 is 1.65 bits per heavy atom. The Morgan fingerprint density at radius 1 is 0.968 bits per heavy atom. The van der Waals surface area contributed by atoms with Crippen molar-refractivity contribution < 1.29 is 9.21 Å². The quantitative estimate of drug-likeness (QED) is 0.485. The molecule has 2 aromatic carbocycles. The standard InChI is InChI=1S/C22H12Cl2N4O2S/c23-16-7-3-1-5-13(16)18-10-9-12(30-18)11-15-19(25)28-22(26-20(15)29)31-21(27-28)14-6-2-4-8-17(14)24/h1-11,25H/b15-11+,25-19?. The Morgan fingerprint density at radius 3 is 2.35 bits per heavy atom. The Bertz CT molecular complexity index is 1340. The second-order valence-electron chi connectivity index (χ2n) is 6.59. The zero-order valence-electron chi connectivity index (χ0n) is 15.7. The maximum atomic E-state index is 12.6. The van der Waals surface area contributed by atoms with Gasteiger partial charge in [-0.1, -0.05) is 53.5 Å². The molecular weight excluding hydrogens is 455 g/mol. The summed E-state index contributed by atoms with van der Waals surface area (Å²) in [5.74, 6) is 0.353. The van der Waals surface area contributed by atoms with Crippen molar-refractivity contribution in [3.63, 3.8) is 0 Å². The lowest BCUT2D eigenvalue weighted by atomic mass is 10.1. The molecule has 1 aromatic heterocycles.